The van der Waals surface area contributed by atoms with Crippen LogP contribution in [0.2, 0.25) is 10.0 Å². The number of aromatic nitrogens is 2. The highest BCUT2D eigenvalue weighted by atomic mass is 35.5. The molecule has 0 spiro atoms. The zero-order valence-corrected chi connectivity index (χ0v) is 26.3. The predicted octanol–water partition coefficient (Wildman–Crippen LogP) is 7.27. The second-order valence-corrected chi connectivity index (χ2v) is 12.3. The second-order valence-electron chi connectivity index (χ2n) is 11.5. The molecule has 1 amide bonds. The van der Waals surface area contributed by atoms with E-state index >= 15 is 0 Å². The summed E-state index contributed by atoms with van der Waals surface area (Å²) in [5.41, 5.74) is 4.96. The molecule has 2 unspecified atom stereocenters. The van der Waals surface area contributed by atoms with E-state index in [-0.39, 0.29) is 17.9 Å². The molecule has 2 atom stereocenters. The van der Waals surface area contributed by atoms with Crippen LogP contribution in [0.15, 0.2) is 95.8 Å². The van der Waals surface area contributed by atoms with Gasteiger partial charge in [0.2, 0.25) is 0 Å². The van der Waals surface area contributed by atoms with Crippen molar-refractivity contribution in [2.24, 2.45) is 0 Å². The Hall–Kier alpha value is -3.62. The van der Waals surface area contributed by atoms with Gasteiger partial charge >= 0.3 is 0 Å². The van der Waals surface area contributed by atoms with Crippen molar-refractivity contribution in [1.29, 1.82) is 0 Å². The molecule has 1 saturated heterocycles. The monoisotopic (exact) mass is 629 g/mol. The van der Waals surface area contributed by atoms with Crippen LogP contribution in [0.25, 0.3) is 11.0 Å². The number of hydrogen-bond acceptors (Lipinski definition) is 5. The smallest absolute Gasteiger partial charge is 0.253 e. The molecule has 1 N–H and O–H groups in total. The van der Waals surface area contributed by atoms with Gasteiger partial charge in [-0.15, -0.1) is 0 Å². The lowest BCUT2D eigenvalue weighted by Crippen LogP contribution is -2.37. The third-order valence-electron chi connectivity index (χ3n) is 8.52. The molecule has 0 saturated carbocycles. The van der Waals surface area contributed by atoms with Crippen LogP contribution in [0.4, 0.5) is 0 Å². The number of para-hydroxylation sites is 2. The summed E-state index contributed by atoms with van der Waals surface area (Å²) in [6.07, 6.45) is 5.40. The van der Waals surface area contributed by atoms with Gasteiger partial charge < -0.3 is 19.2 Å². The van der Waals surface area contributed by atoms with Crippen LogP contribution in [0, 0.1) is 0 Å². The van der Waals surface area contributed by atoms with E-state index < -0.39 is 0 Å². The minimum Gasteiger partial charge on any atom is -0.472 e. The van der Waals surface area contributed by atoms with E-state index in [0.717, 1.165) is 67.0 Å². The number of benzene rings is 3. The molecule has 3 heterocycles. The number of halogens is 2. The van der Waals surface area contributed by atoms with E-state index in [1.807, 2.05) is 72.6 Å². The highest BCUT2D eigenvalue weighted by Gasteiger charge is 2.29. The Labute approximate surface area is 268 Å². The molecule has 1 aliphatic rings. The zero-order chi connectivity index (χ0) is 30.5. The van der Waals surface area contributed by atoms with Crippen molar-refractivity contribution in [2.75, 3.05) is 39.8 Å². The number of amides is 1. The molecular weight excluding hydrogens is 593 g/mol. The second kappa shape index (κ2) is 14.0. The molecule has 3 aromatic carbocycles. The molecule has 44 heavy (non-hydrogen) atoms. The summed E-state index contributed by atoms with van der Waals surface area (Å²) in [6.45, 7) is 4.79. The van der Waals surface area contributed by atoms with Gasteiger partial charge in [0.15, 0.2) is 0 Å². The Morgan fingerprint density at radius 3 is 2.68 bits per heavy atom. The standard InChI is InChI=1S/C35H37Cl2N5O2/c1-40(35(43)26-8-3-2-4-9-26)23-28(27-12-13-29(36)30(37)20-27)14-18-41-17-7-16-38-21-33(41)34-39-31-10-5-6-11-32(31)42(34)22-25-15-19-44-24-25/h2-6,8-13,15,19-20,24,28,33,38H,7,14,16-18,21-23H2,1H3. The Morgan fingerprint density at radius 1 is 1.07 bits per heavy atom. The first-order valence-electron chi connectivity index (χ1n) is 15.1. The van der Waals surface area contributed by atoms with Gasteiger partial charge in [0.1, 0.15) is 5.82 Å². The lowest BCUT2D eigenvalue weighted by atomic mass is 9.94. The molecular formula is C35H37Cl2N5O2. The van der Waals surface area contributed by atoms with Gasteiger partial charge in [-0.2, -0.15) is 0 Å². The Balaban J connectivity index is 1.28. The first kappa shape index (κ1) is 30.4. The maximum Gasteiger partial charge on any atom is 0.253 e. The summed E-state index contributed by atoms with van der Waals surface area (Å²) in [5.74, 6) is 1.11. The SMILES string of the molecule is CN(CC(CCN1CCCNCC1c1nc2ccccc2n1Cc1ccoc1)c1ccc(Cl)c(Cl)c1)C(=O)c1ccccc1. The van der Waals surface area contributed by atoms with Gasteiger partial charge in [-0.3, -0.25) is 9.69 Å². The highest BCUT2D eigenvalue weighted by Crippen LogP contribution is 2.32. The average molecular weight is 631 g/mol. The number of hydrogen-bond donors (Lipinski definition) is 1. The summed E-state index contributed by atoms with van der Waals surface area (Å²) < 4.78 is 7.73. The number of imidazole rings is 1. The van der Waals surface area contributed by atoms with Crippen molar-refractivity contribution in [3.63, 3.8) is 0 Å². The Kier molecular flexibility index (Phi) is 9.67. The van der Waals surface area contributed by atoms with Gasteiger partial charge in [0.05, 0.1) is 46.2 Å². The van der Waals surface area contributed by atoms with Gasteiger partial charge in [0.25, 0.3) is 5.91 Å². The van der Waals surface area contributed by atoms with Crippen LogP contribution in [-0.4, -0.2) is 65.0 Å². The minimum atomic E-state index is 0.000439. The van der Waals surface area contributed by atoms with E-state index in [1.165, 1.54) is 0 Å². The number of rotatable bonds is 10. The van der Waals surface area contributed by atoms with Crippen LogP contribution in [0.3, 0.4) is 0 Å². The summed E-state index contributed by atoms with van der Waals surface area (Å²) >= 11 is 12.8. The molecule has 1 aliphatic heterocycles. The van der Waals surface area contributed by atoms with E-state index in [4.69, 9.17) is 32.6 Å². The number of carbonyl (C=O) groups is 1. The van der Waals surface area contributed by atoms with Crippen molar-refractivity contribution < 1.29 is 9.21 Å². The first-order chi connectivity index (χ1) is 21.5. The number of nitrogens with one attached hydrogen (secondary N) is 1. The first-order valence-corrected chi connectivity index (χ1v) is 15.9. The molecule has 5 aromatic rings. The lowest BCUT2D eigenvalue weighted by Gasteiger charge is -2.32. The lowest BCUT2D eigenvalue weighted by molar-refractivity contribution is 0.0781. The van der Waals surface area contributed by atoms with Gasteiger partial charge in [-0.25, -0.2) is 4.98 Å². The molecule has 6 rings (SSSR count). The minimum absolute atomic E-state index is 0.000439. The van der Waals surface area contributed by atoms with Crippen LogP contribution in [0.5, 0.6) is 0 Å². The fourth-order valence-electron chi connectivity index (χ4n) is 6.20. The Morgan fingerprint density at radius 2 is 1.89 bits per heavy atom. The molecule has 0 aliphatic carbocycles. The van der Waals surface area contributed by atoms with Crippen LogP contribution < -0.4 is 5.32 Å². The number of likely N-dealkylation sites (N-methyl/N-ethyl adjacent to an activating group) is 1. The molecule has 0 radical (unpaired) electrons. The summed E-state index contributed by atoms with van der Waals surface area (Å²) in [5, 5.41) is 4.71. The largest absolute Gasteiger partial charge is 0.472 e. The van der Waals surface area contributed by atoms with Crippen molar-refractivity contribution in [1.82, 2.24) is 24.7 Å². The van der Waals surface area contributed by atoms with Crippen molar-refractivity contribution >= 4 is 40.1 Å². The summed E-state index contributed by atoms with van der Waals surface area (Å²) in [6, 6.07) is 25.7. The number of fused-ring (bicyclic) bond motifs is 1. The fourth-order valence-corrected chi connectivity index (χ4v) is 6.51. The normalized spacial score (nSPS) is 16.6. The van der Waals surface area contributed by atoms with Crippen LogP contribution in [0.1, 0.15) is 52.1 Å². The van der Waals surface area contributed by atoms with Gasteiger partial charge in [-0.05, 0) is 74.0 Å². The summed E-state index contributed by atoms with van der Waals surface area (Å²) in [7, 11) is 1.87. The molecule has 1 fully saturated rings. The van der Waals surface area contributed by atoms with Crippen molar-refractivity contribution in [2.45, 2.75) is 31.3 Å². The Bertz CT molecular complexity index is 1690. The van der Waals surface area contributed by atoms with Crippen LogP contribution in [-0.2, 0) is 6.54 Å². The van der Waals surface area contributed by atoms with Crippen molar-refractivity contribution in [3.8, 4) is 0 Å². The van der Waals surface area contributed by atoms with E-state index in [2.05, 4.69) is 33.0 Å². The maximum atomic E-state index is 13.3. The van der Waals surface area contributed by atoms with E-state index in [9.17, 15) is 4.79 Å². The van der Waals surface area contributed by atoms with Gasteiger partial charge in [0, 0.05) is 43.7 Å². The number of carbonyl (C=O) groups excluding carboxylic acids is 1. The molecule has 9 heteroatoms. The molecule has 228 valence electrons. The third kappa shape index (κ3) is 6.87. The number of nitrogens with zero attached hydrogens (tertiary/aromatic N) is 4. The zero-order valence-electron chi connectivity index (χ0n) is 24.8. The fraction of sp³-hybridized carbons (Fsp3) is 0.314. The van der Waals surface area contributed by atoms with Crippen LogP contribution >= 0.6 is 23.2 Å². The quantitative estimate of drug-likeness (QED) is 0.176. The van der Waals surface area contributed by atoms with E-state index in [0.29, 0.717) is 28.7 Å². The predicted molar refractivity (Wildman–Crippen MR) is 177 cm³/mol. The molecule has 0 bridgehead atoms. The average Bonchev–Trinajstić information content (AvgIpc) is 3.62. The van der Waals surface area contributed by atoms with E-state index in [1.54, 1.807) is 12.5 Å². The topological polar surface area (TPSA) is 66.5 Å². The maximum absolute atomic E-state index is 13.3. The third-order valence-corrected chi connectivity index (χ3v) is 9.26. The molecule has 7 nitrogen and oxygen atoms in total. The number of furan rings is 1. The molecule has 2 aromatic heterocycles. The highest BCUT2D eigenvalue weighted by molar-refractivity contribution is 6.42. The van der Waals surface area contributed by atoms with Crippen molar-refractivity contribution in [3.05, 3.63) is 124 Å². The van der Waals surface area contributed by atoms with Gasteiger partial charge in [-0.1, -0.05) is 59.6 Å². The summed E-state index contributed by atoms with van der Waals surface area (Å²) in [4.78, 5) is 22.9.